The van der Waals surface area contributed by atoms with Crippen LogP contribution in [0.1, 0.15) is 58.3 Å². The second-order valence-electron chi connectivity index (χ2n) is 7.82. The maximum atomic E-state index is 13.4. The van der Waals surface area contributed by atoms with Crippen molar-refractivity contribution in [1.82, 2.24) is 9.66 Å². The molecule has 0 unspecified atom stereocenters. The minimum atomic E-state index is -0.215. The maximum Gasteiger partial charge on any atom is 0.282 e. The van der Waals surface area contributed by atoms with Crippen LogP contribution in [0, 0.1) is 0 Å². The number of nitrogens with zero attached hydrogens (tertiary/aromatic N) is 3. The van der Waals surface area contributed by atoms with Crippen LogP contribution >= 0.6 is 47.8 Å². The van der Waals surface area contributed by atoms with E-state index in [2.05, 4.69) is 59.8 Å². The summed E-state index contributed by atoms with van der Waals surface area (Å²) in [4.78, 5) is 18.1. The third-order valence-corrected chi connectivity index (χ3v) is 7.64. The maximum absolute atomic E-state index is 13.4. The summed E-state index contributed by atoms with van der Waals surface area (Å²) >= 11 is 10.7. The summed E-state index contributed by atoms with van der Waals surface area (Å²) in [5.41, 5.74) is 1.17. The number of hydrogen-bond acceptors (Lipinski definition) is 5. The Morgan fingerprint density at radius 1 is 1.12 bits per heavy atom. The highest BCUT2D eigenvalue weighted by molar-refractivity contribution is 9.13. The van der Waals surface area contributed by atoms with Crippen molar-refractivity contribution in [2.75, 3.05) is 6.61 Å². The van der Waals surface area contributed by atoms with Crippen molar-refractivity contribution in [3.8, 4) is 11.5 Å². The van der Waals surface area contributed by atoms with Gasteiger partial charge in [-0.25, -0.2) is 4.98 Å². The minimum Gasteiger partial charge on any atom is -0.490 e. The van der Waals surface area contributed by atoms with Gasteiger partial charge in [-0.1, -0.05) is 29.8 Å². The summed E-state index contributed by atoms with van der Waals surface area (Å²) in [6.45, 7) is 10.4. The van der Waals surface area contributed by atoms with E-state index in [1.54, 1.807) is 12.3 Å². The second kappa shape index (κ2) is 11.1. The van der Waals surface area contributed by atoms with Crippen molar-refractivity contribution in [1.29, 1.82) is 0 Å². The van der Waals surface area contributed by atoms with Gasteiger partial charge in [0.25, 0.3) is 5.56 Å². The van der Waals surface area contributed by atoms with Gasteiger partial charge >= 0.3 is 0 Å². The smallest absolute Gasteiger partial charge is 0.282 e. The van der Waals surface area contributed by atoms with E-state index in [0.29, 0.717) is 34.8 Å². The molecule has 0 radical (unpaired) electrons. The molecular weight excluding hydrogens is 618 g/mol. The Hall–Kier alpha value is -1.71. The molecule has 1 heterocycles. The molecule has 0 saturated carbocycles. The fourth-order valence-electron chi connectivity index (χ4n) is 3.21. The molecule has 0 aliphatic rings. The Balaban J connectivity index is 2.19. The minimum absolute atomic E-state index is 0.0217. The van der Waals surface area contributed by atoms with Crippen LogP contribution in [0.5, 0.6) is 11.5 Å². The zero-order valence-corrected chi connectivity index (χ0v) is 23.9. The summed E-state index contributed by atoms with van der Waals surface area (Å²) in [6, 6.07) is 7.34. The summed E-state index contributed by atoms with van der Waals surface area (Å²) in [5, 5.41) is 5.08. The summed E-state index contributed by atoms with van der Waals surface area (Å²) in [7, 11) is 0. The van der Waals surface area contributed by atoms with Crippen LogP contribution in [0.25, 0.3) is 10.9 Å². The van der Waals surface area contributed by atoms with Crippen molar-refractivity contribution in [2.45, 2.75) is 53.1 Å². The van der Waals surface area contributed by atoms with Gasteiger partial charge in [0.2, 0.25) is 0 Å². The normalized spacial score (nSPS) is 12.6. The number of halogens is 3. The van der Waals surface area contributed by atoms with Gasteiger partial charge in [0.15, 0.2) is 11.5 Å². The van der Waals surface area contributed by atoms with Crippen LogP contribution in [0.2, 0.25) is 0 Å². The van der Waals surface area contributed by atoms with Crippen LogP contribution in [0.3, 0.4) is 0 Å². The van der Waals surface area contributed by atoms with Crippen molar-refractivity contribution in [3.05, 3.63) is 59.4 Å². The van der Waals surface area contributed by atoms with Crippen molar-refractivity contribution in [3.63, 3.8) is 0 Å². The largest absolute Gasteiger partial charge is 0.490 e. The second-order valence-corrected chi connectivity index (χ2v) is 10.3. The Kier molecular flexibility index (Phi) is 8.75. The molecule has 9 heteroatoms. The lowest BCUT2D eigenvalue weighted by Gasteiger charge is -2.18. The topological polar surface area (TPSA) is 65.7 Å². The molecule has 0 bridgehead atoms. The number of hydrogen-bond donors (Lipinski definition) is 0. The van der Waals surface area contributed by atoms with Crippen LogP contribution < -0.4 is 15.0 Å². The zero-order valence-electron chi connectivity index (χ0n) is 19.2. The van der Waals surface area contributed by atoms with Gasteiger partial charge in [-0.15, -0.1) is 0 Å². The van der Waals surface area contributed by atoms with E-state index in [4.69, 9.17) is 14.5 Å². The molecule has 3 aromatic rings. The van der Waals surface area contributed by atoms with E-state index < -0.39 is 0 Å². The van der Waals surface area contributed by atoms with E-state index in [1.165, 1.54) is 4.68 Å². The first-order valence-electron chi connectivity index (χ1n) is 10.8. The molecule has 0 aliphatic carbocycles. The molecule has 3 rings (SSSR count). The first-order valence-corrected chi connectivity index (χ1v) is 13.1. The number of fused-ring (bicyclic) bond motifs is 1. The van der Waals surface area contributed by atoms with E-state index >= 15 is 0 Å². The monoisotopic (exact) mass is 641 g/mol. The molecule has 0 aliphatic heterocycles. The fourth-order valence-corrected chi connectivity index (χ4v) is 4.48. The van der Waals surface area contributed by atoms with Gasteiger partial charge in [-0.2, -0.15) is 9.78 Å². The van der Waals surface area contributed by atoms with Crippen LogP contribution in [-0.4, -0.2) is 28.6 Å². The van der Waals surface area contributed by atoms with Crippen molar-refractivity contribution in [2.24, 2.45) is 5.10 Å². The van der Waals surface area contributed by atoms with Gasteiger partial charge in [0.05, 0.1) is 34.3 Å². The van der Waals surface area contributed by atoms with E-state index in [9.17, 15) is 4.79 Å². The predicted octanol–water partition coefficient (Wildman–Crippen LogP) is 7.27. The van der Waals surface area contributed by atoms with E-state index in [0.717, 1.165) is 25.4 Å². The average Bonchev–Trinajstić information content (AvgIpc) is 2.78. The zero-order chi connectivity index (χ0) is 24.3. The number of benzene rings is 2. The van der Waals surface area contributed by atoms with Crippen LogP contribution in [0.15, 0.2) is 47.6 Å². The molecule has 1 aromatic heterocycles. The highest BCUT2D eigenvalue weighted by Crippen LogP contribution is 2.43. The lowest BCUT2D eigenvalue weighted by molar-refractivity contribution is 0.222. The Bertz CT molecular complexity index is 1260. The molecular formula is C24H26Br3N3O3. The number of rotatable bonds is 8. The van der Waals surface area contributed by atoms with E-state index in [1.807, 2.05) is 45.9 Å². The van der Waals surface area contributed by atoms with Gasteiger partial charge in [0.1, 0.15) is 5.82 Å². The molecule has 0 amide bonds. The van der Waals surface area contributed by atoms with Gasteiger partial charge in [-0.05, 0) is 83.3 Å². The predicted molar refractivity (Wildman–Crippen MR) is 144 cm³/mol. The summed E-state index contributed by atoms with van der Waals surface area (Å²) < 4.78 is 15.4. The third-order valence-electron chi connectivity index (χ3n) is 5.01. The van der Waals surface area contributed by atoms with E-state index in [-0.39, 0.29) is 17.6 Å². The molecule has 2 aromatic carbocycles. The first-order chi connectivity index (χ1) is 15.7. The van der Waals surface area contributed by atoms with Crippen LogP contribution in [-0.2, 0) is 0 Å². The summed E-state index contributed by atoms with van der Waals surface area (Å²) in [6.07, 6.45) is 2.44. The highest BCUT2D eigenvalue weighted by Gasteiger charge is 2.19. The summed E-state index contributed by atoms with van der Waals surface area (Å²) in [5.74, 6) is 1.88. The molecule has 33 heavy (non-hydrogen) atoms. The molecule has 1 atom stereocenters. The average molecular weight is 644 g/mol. The Labute approximate surface area is 218 Å². The lowest BCUT2D eigenvalue weighted by Crippen LogP contribution is -2.23. The molecule has 0 spiro atoms. The number of aromatic nitrogens is 2. The SMILES string of the molecule is CCOc1cc(C=Nn2c([C@H](C)CC)nc3ccc(Br)cc3c2=O)c(Br)c(Br)c1OC(C)C. The first kappa shape index (κ1) is 25.9. The fraction of sp³-hybridized carbons (Fsp3) is 0.375. The van der Waals surface area contributed by atoms with Crippen molar-refractivity contribution < 1.29 is 9.47 Å². The van der Waals surface area contributed by atoms with Gasteiger partial charge < -0.3 is 9.47 Å². The lowest BCUT2D eigenvalue weighted by atomic mass is 10.1. The molecule has 0 fully saturated rings. The molecule has 0 saturated heterocycles. The van der Waals surface area contributed by atoms with Gasteiger partial charge in [0, 0.05) is 20.4 Å². The molecule has 0 N–H and O–H groups in total. The number of ether oxygens (including phenoxy) is 2. The van der Waals surface area contributed by atoms with Gasteiger partial charge in [-0.3, -0.25) is 4.79 Å². The Morgan fingerprint density at radius 3 is 2.48 bits per heavy atom. The van der Waals surface area contributed by atoms with Crippen molar-refractivity contribution >= 4 is 64.9 Å². The standard InChI is InChI=1S/C24H26Br3N3O3/c1-6-14(5)23-29-18-9-8-16(25)11-17(18)24(31)30(23)28-12-15-10-19(32-7-2)22(33-13(3)4)21(27)20(15)26/h8-14H,6-7H2,1-5H3/t14-/m1/s1. The third kappa shape index (κ3) is 5.69. The molecule has 6 nitrogen and oxygen atoms in total. The molecule has 176 valence electrons. The Morgan fingerprint density at radius 2 is 1.85 bits per heavy atom. The highest BCUT2D eigenvalue weighted by atomic mass is 79.9. The van der Waals surface area contributed by atoms with Crippen LogP contribution in [0.4, 0.5) is 0 Å². The quantitative estimate of drug-likeness (QED) is 0.242.